The van der Waals surface area contributed by atoms with Crippen molar-refractivity contribution in [2.24, 2.45) is 0 Å². The first-order chi connectivity index (χ1) is 17.0. The first-order valence-electron chi connectivity index (χ1n) is 11.0. The number of ether oxygens (including phenoxy) is 1. The standard InChI is InChI=1S/C28H22N2O4S/c31-28(29-21-15-17-23(18-16-21)34-22-9-3-1-4-10-22)20-30-19-27(25-13-7-8-14-26(25)30)35(32,33)24-11-5-2-6-12-24/h1-19H,20H2,(H,29,31). The van der Waals surface area contributed by atoms with Gasteiger partial charge in [-0.2, -0.15) is 0 Å². The second-order valence-electron chi connectivity index (χ2n) is 7.94. The molecule has 0 aliphatic rings. The molecule has 0 atom stereocenters. The zero-order valence-electron chi connectivity index (χ0n) is 18.7. The molecular formula is C28H22N2O4S. The van der Waals surface area contributed by atoms with E-state index in [1.54, 1.807) is 71.3 Å². The molecular weight excluding hydrogens is 460 g/mol. The molecule has 1 aromatic heterocycles. The molecule has 0 aliphatic heterocycles. The van der Waals surface area contributed by atoms with Crippen LogP contribution < -0.4 is 10.1 Å². The van der Waals surface area contributed by atoms with Gasteiger partial charge in [-0.15, -0.1) is 0 Å². The minimum Gasteiger partial charge on any atom is -0.457 e. The van der Waals surface area contributed by atoms with Crippen LogP contribution in [-0.4, -0.2) is 18.9 Å². The lowest BCUT2D eigenvalue weighted by Gasteiger charge is -2.09. The van der Waals surface area contributed by atoms with Crippen LogP contribution in [0.25, 0.3) is 10.9 Å². The number of hydrogen-bond donors (Lipinski definition) is 1. The summed E-state index contributed by atoms with van der Waals surface area (Å²) in [7, 11) is -3.74. The average molecular weight is 483 g/mol. The lowest BCUT2D eigenvalue weighted by molar-refractivity contribution is -0.116. The Labute approximate surface area is 203 Å². The number of amides is 1. The summed E-state index contributed by atoms with van der Waals surface area (Å²) in [5, 5.41) is 3.44. The fraction of sp³-hybridized carbons (Fsp3) is 0.0357. The number of carbonyl (C=O) groups excluding carboxylic acids is 1. The first-order valence-corrected chi connectivity index (χ1v) is 12.5. The van der Waals surface area contributed by atoms with E-state index in [2.05, 4.69) is 5.32 Å². The van der Waals surface area contributed by atoms with E-state index < -0.39 is 9.84 Å². The fourth-order valence-corrected chi connectivity index (χ4v) is 5.37. The molecule has 0 aliphatic carbocycles. The van der Waals surface area contributed by atoms with Gasteiger partial charge in [0.15, 0.2) is 0 Å². The lowest BCUT2D eigenvalue weighted by atomic mass is 10.2. The zero-order chi connectivity index (χ0) is 24.3. The van der Waals surface area contributed by atoms with E-state index in [9.17, 15) is 13.2 Å². The average Bonchev–Trinajstić information content (AvgIpc) is 3.25. The Balaban J connectivity index is 1.35. The van der Waals surface area contributed by atoms with Crippen molar-refractivity contribution in [2.75, 3.05) is 5.32 Å². The number of nitrogens with one attached hydrogen (secondary N) is 1. The number of carbonyl (C=O) groups is 1. The van der Waals surface area contributed by atoms with Gasteiger partial charge < -0.3 is 14.6 Å². The van der Waals surface area contributed by atoms with E-state index in [1.807, 2.05) is 42.5 Å². The second-order valence-corrected chi connectivity index (χ2v) is 9.86. The van der Waals surface area contributed by atoms with Gasteiger partial charge in [0.05, 0.1) is 9.79 Å². The van der Waals surface area contributed by atoms with Gasteiger partial charge in [-0.25, -0.2) is 8.42 Å². The summed E-state index contributed by atoms with van der Waals surface area (Å²) in [5.74, 6) is 1.11. The Morgan fingerprint density at radius 2 is 1.34 bits per heavy atom. The molecule has 0 unspecified atom stereocenters. The Hall–Kier alpha value is -4.36. The van der Waals surface area contributed by atoms with Gasteiger partial charge in [-0.1, -0.05) is 54.6 Å². The summed E-state index contributed by atoms with van der Waals surface area (Å²) in [6, 6.07) is 32.0. The monoisotopic (exact) mass is 482 g/mol. The largest absolute Gasteiger partial charge is 0.457 e. The highest BCUT2D eigenvalue weighted by molar-refractivity contribution is 7.91. The molecule has 0 fully saturated rings. The van der Waals surface area contributed by atoms with Crippen LogP contribution in [0.1, 0.15) is 0 Å². The SMILES string of the molecule is O=C(Cn1cc(S(=O)(=O)c2ccccc2)c2ccccc21)Nc1ccc(Oc2ccccc2)cc1. The van der Waals surface area contributed by atoms with Crippen LogP contribution in [0.2, 0.25) is 0 Å². The molecule has 0 radical (unpaired) electrons. The number of fused-ring (bicyclic) bond motifs is 1. The molecule has 5 aromatic rings. The van der Waals surface area contributed by atoms with Gasteiger partial charge in [0, 0.05) is 22.8 Å². The molecule has 0 saturated carbocycles. The fourth-order valence-electron chi connectivity index (χ4n) is 3.87. The quantitative estimate of drug-likeness (QED) is 0.313. The van der Waals surface area contributed by atoms with Crippen molar-refractivity contribution < 1.29 is 17.9 Å². The van der Waals surface area contributed by atoms with E-state index in [1.165, 1.54) is 6.20 Å². The van der Waals surface area contributed by atoms with Crippen molar-refractivity contribution in [2.45, 2.75) is 16.3 Å². The highest BCUT2D eigenvalue weighted by Crippen LogP contribution is 2.30. The predicted molar refractivity (Wildman–Crippen MR) is 135 cm³/mol. The van der Waals surface area contributed by atoms with Crippen LogP contribution in [0.4, 0.5) is 5.69 Å². The molecule has 4 aromatic carbocycles. The Kier molecular flexibility index (Phi) is 6.08. The lowest BCUT2D eigenvalue weighted by Crippen LogP contribution is -2.18. The number of benzene rings is 4. The molecule has 5 rings (SSSR count). The summed E-state index contributed by atoms with van der Waals surface area (Å²) in [6.07, 6.45) is 1.53. The molecule has 174 valence electrons. The first kappa shape index (κ1) is 22.4. The minimum absolute atomic E-state index is 0.0346. The molecule has 6 nitrogen and oxygen atoms in total. The summed E-state index contributed by atoms with van der Waals surface area (Å²) < 4.78 is 34.0. The molecule has 1 amide bonds. The third kappa shape index (κ3) is 4.81. The number of rotatable bonds is 7. The summed E-state index contributed by atoms with van der Waals surface area (Å²) >= 11 is 0. The van der Waals surface area contributed by atoms with Crippen molar-refractivity contribution in [1.82, 2.24) is 4.57 Å². The van der Waals surface area contributed by atoms with Crippen LogP contribution >= 0.6 is 0 Å². The molecule has 0 spiro atoms. The number of para-hydroxylation sites is 2. The van der Waals surface area contributed by atoms with Crippen LogP contribution in [0.5, 0.6) is 11.5 Å². The highest BCUT2D eigenvalue weighted by atomic mass is 32.2. The molecule has 1 heterocycles. The summed E-state index contributed by atoms with van der Waals surface area (Å²) in [6.45, 7) is -0.0346. The van der Waals surface area contributed by atoms with E-state index >= 15 is 0 Å². The number of aromatic nitrogens is 1. The maximum absolute atomic E-state index is 13.3. The molecule has 1 N–H and O–H groups in total. The van der Waals surface area contributed by atoms with Crippen molar-refractivity contribution in [3.8, 4) is 11.5 Å². The molecule has 35 heavy (non-hydrogen) atoms. The molecule has 0 bridgehead atoms. The third-order valence-corrected chi connectivity index (χ3v) is 7.32. The van der Waals surface area contributed by atoms with Gasteiger partial charge >= 0.3 is 0 Å². The van der Waals surface area contributed by atoms with Crippen LogP contribution in [0.15, 0.2) is 125 Å². The van der Waals surface area contributed by atoms with Crippen molar-refractivity contribution in [3.05, 3.63) is 115 Å². The van der Waals surface area contributed by atoms with Crippen LogP contribution in [-0.2, 0) is 21.2 Å². The van der Waals surface area contributed by atoms with Crippen molar-refractivity contribution >= 4 is 32.3 Å². The second kappa shape index (κ2) is 9.48. The number of hydrogen-bond acceptors (Lipinski definition) is 4. The van der Waals surface area contributed by atoms with E-state index in [4.69, 9.17) is 4.74 Å². The highest BCUT2D eigenvalue weighted by Gasteiger charge is 2.23. The zero-order valence-corrected chi connectivity index (χ0v) is 19.5. The van der Waals surface area contributed by atoms with E-state index in [0.717, 1.165) is 5.75 Å². The number of anilines is 1. The van der Waals surface area contributed by atoms with Crippen molar-refractivity contribution in [1.29, 1.82) is 0 Å². The van der Waals surface area contributed by atoms with Crippen LogP contribution in [0, 0.1) is 0 Å². The predicted octanol–water partition coefficient (Wildman–Crippen LogP) is 5.91. The Bertz CT molecular complexity index is 1580. The molecule has 7 heteroatoms. The number of sulfone groups is 1. The normalized spacial score (nSPS) is 11.3. The maximum Gasteiger partial charge on any atom is 0.244 e. The van der Waals surface area contributed by atoms with Gasteiger partial charge in [-0.3, -0.25) is 4.79 Å². The van der Waals surface area contributed by atoms with E-state index in [-0.39, 0.29) is 22.2 Å². The smallest absolute Gasteiger partial charge is 0.244 e. The topological polar surface area (TPSA) is 77.4 Å². The Morgan fingerprint density at radius 1 is 0.743 bits per heavy atom. The van der Waals surface area contributed by atoms with Crippen LogP contribution in [0.3, 0.4) is 0 Å². The minimum atomic E-state index is -3.74. The maximum atomic E-state index is 13.3. The molecule has 0 saturated heterocycles. The summed E-state index contributed by atoms with van der Waals surface area (Å²) in [4.78, 5) is 13.2. The van der Waals surface area contributed by atoms with Gasteiger partial charge in [0.25, 0.3) is 0 Å². The third-order valence-electron chi connectivity index (χ3n) is 5.53. The number of nitrogens with zero attached hydrogens (tertiary/aromatic N) is 1. The van der Waals surface area contributed by atoms with Crippen molar-refractivity contribution in [3.63, 3.8) is 0 Å². The van der Waals surface area contributed by atoms with E-state index in [0.29, 0.717) is 22.3 Å². The van der Waals surface area contributed by atoms with Gasteiger partial charge in [0.2, 0.25) is 15.7 Å². The van der Waals surface area contributed by atoms with Gasteiger partial charge in [0.1, 0.15) is 18.0 Å². The Morgan fingerprint density at radius 3 is 2.06 bits per heavy atom. The summed E-state index contributed by atoms with van der Waals surface area (Å²) in [5.41, 5.74) is 1.28. The van der Waals surface area contributed by atoms with Gasteiger partial charge in [-0.05, 0) is 54.6 Å².